The molecule has 3 aromatic heterocycles. The third kappa shape index (κ3) is 5.48. The Morgan fingerprint density at radius 3 is 1.78 bits per heavy atom. The van der Waals surface area contributed by atoms with Crippen LogP contribution in [0.4, 0.5) is 0 Å². The Bertz CT molecular complexity index is 3990. The Labute approximate surface area is 363 Å². The van der Waals surface area contributed by atoms with E-state index in [1.54, 1.807) is 0 Å². The SMILES string of the molecule is Cc1ccc2c3ccccc3c3c4cccc(-c5cccc(-c6cccc(-c7cccc8oc9ccccc9c78)c6)c5)c4n(-c4nc(-c5ccccc5)c5ccccc5n4)c3c2c1. The minimum absolute atomic E-state index is 0.642. The van der Waals surface area contributed by atoms with Gasteiger partial charge in [-0.3, -0.25) is 4.57 Å². The van der Waals surface area contributed by atoms with E-state index in [-0.39, 0.29) is 0 Å². The predicted molar refractivity (Wildman–Crippen MR) is 263 cm³/mol. The Morgan fingerprint density at radius 2 is 0.952 bits per heavy atom. The number of nitrogens with zero attached hydrogens (tertiary/aromatic N) is 3. The van der Waals surface area contributed by atoms with E-state index in [0.29, 0.717) is 5.95 Å². The van der Waals surface area contributed by atoms with Gasteiger partial charge in [0.15, 0.2) is 0 Å². The van der Waals surface area contributed by atoms with Crippen LogP contribution in [-0.4, -0.2) is 14.5 Å². The van der Waals surface area contributed by atoms with Gasteiger partial charge in [0.25, 0.3) is 0 Å². The van der Waals surface area contributed by atoms with Crippen LogP contribution in [-0.2, 0) is 0 Å². The van der Waals surface area contributed by atoms with Gasteiger partial charge < -0.3 is 4.42 Å². The van der Waals surface area contributed by atoms with E-state index in [1.165, 1.54) is 32.5 Å². The van der Waals surface area contributed by atoms with Crippen LogP contribution < -0.4 is 0 Å². The normalized spacial score (nSPS) is 11.9. The summed E-state index contributed by atoms with van der Waals surface area (Å²) in [4.78, 5) is 11.0. The van der Waals surface area contributed by atoms with Gasteiger partial charge in [-0.15, -0.1) is 0 Å². The molecule has 0 amide bonds. The quantitative estimate of drug-likeness (QED) is 0.163. The lowest BCUT2D eigenvalue weighted by molar-refractivity contribution is 0.669. The molecule has 0 saturated carbocycles. The van der Waals surface area contributed by atoms with E-state index in [1.807, 2.05) is 12.1 Å². The van der Waals surface area contributed by atoms with E-state index in [9.17, 15) is 0 Å². The maximum Gasteiger partial charge on any atom is 0.235 e. The maximum absolute atomic E-state index is 6.28. The monoisotopic (exact) mass is 803 g/mol. The first kappa shape index (κ1) is 35.4. The molecule has 13 rings (SSSR count). The van der Waals surface area contributed by atoms with Gasteiger partial charge in [0.1, 0.15) is 11.2 Å². The van der Waals surface area contributed by atoms with Gasteiger partial charge in [-0.25, -0.2) is 9.97 Å². The van der Waals surface area contributed by atoms with E-state index < -0.39 is 0 Å². The van der Waals surface area contributed by atoms with Crippen molar-refractivity contribution in [3.8, 4) is 50.6 Å². The van der Waals surface area contributed by atoms with Crippen LogP contribution in [0, 0.1) is 6.92 Å². The summed E-state index contributed by atoms with van der Waals surface area (Å²) in [6, 6.07) is 73.7. The topological polar surface area (TPSA) is 43.9 Å². The van der Waals surface area contributed by atoms with Gasteiger partial charge in [0.2, 0.25) is 5.95 Å². The summed E-state index contributed by atoms with van der Waals surface area (Å²) in [6.07, 6.45) is 0. The molecular weight excluding hydrogens is 767 g/mol. The third-order valence-corrected chi connectivity index (χ3v) is 12.8. The molecule has 0 N–H and O–H groups in total. The van der Waals surface area contributed by atoms with Crippen molar-refractivity contribution in [3.05, 3.63) is 212 Å². The van der Waals surface area contributed by atoms with Gasteiger partial charge in [0.05, 0.1) is 22.2 Å². The highest BCUT2D eigenvalue weighted by molar-refractivity contribution is 6.33. The van der Waals surface area contributed by atoms with Gasteiger partial charge in [0, 0.05) is 43.4 Å². The molecule has 0 atom stereocenters. The highest BCUT2D eigenvalue weighted by atomic mass is 16.3. The molecule has 0 saturated heterocycles. The van der Waals surface area contributed by atoms with Gasteiger partial charge in [-0.05, 0) is 87.3 Å². The molecule has 63 heavy (non-hydrogen) atoms. The first-order valence-corrected chi connectivity index (χ1v) is 21.5. The van der Waals surface area contributed by atoms with Crippen LogP contribution in [0.2, 0.25) is 0 Å². The first-order chi connectivity index (χ1) is 31.2. The molecule has 13 aromatic rings. The summed E-state index contributed by atoms with van der Waals surface area (Å²) in [5.41, 5.74) is 14.8. The van der Waals surface area contributed by atoms with Crippen molar-refractivity contribution >= 4 is 76.2 Å². The Morgan fingerprint density at radius 1 is 0.365 bits per heavy atom. The number of rotatable bonds is 5. The molecular formula is C59H37N3O. The molecule has 294 valence electrons. The summed E-state index contributed by atoms with van der Waals surface area (Å²) < 4.78 is 8.64. The zero-order valence-corrected chi connectivity index (χ0v) is 34.4. The second-order valence-electron chi connectivity index (χ2n) is 16.5. The molecule has 0 aliphatic heterocycles. The number of aromatic nitrogens is 3. The number of hydrogen-bond donors (Lipinski definition) is 0. The summed E-state index contributed by atoms with van der Waals surface area (Å²) in [6.45, 7) is 2.18. The zero-order valence-electron chi connectivity index (χ0n) is 34.4. The molecule has 0 bridgehead atoms. The Balaban J connectivity index is 1.09. The molecule has 4 nitrogen and oxygen atoms in total. The van der Waals surface area contributed by atoms with Crippen LogP contribution in [0.15, 0.2) is 211 Å². The maximum atomic E-state index is 6.28. The largest absolute Gasteiger partial charge is 0.456 e. The van der Waals surface area contributed by atoms with Crippen molar-refractivity contribution in [2.75, 3.05) is 0 Å². The van der Waals surface area contributed by atoms with Crippen LogP contribution >= 0.6 is 0 Å². The van der Waals surface area contributed by atoms with Crippen molar-refractivity contribution in [2.45, 2.75) is 6.92 Å². The van der Waals surface area contributed by atoms with Crippen molar-refractivity contribution in [1.29, 1.82) is 0 Å². The highest BCUT2D eigenvalue weighted by Gasteiger charge is 2.24. The molecule has 0 fully saturated rings. The standard InChI is InChI=1S/C59H37N3O/c1-36-31-32-45-44-21-5-6-22-46(44)55-49-27-13-26-43(57(49)62(58(55)50(45)33-36)59-60-51-28-9-7-23-47(51)56(61-59)37-15-3-2-4-16-37)41-20-12-18-39(35-41)38-17-11-19-40(34-38)42-25-14-30-53-54(42)48-24-8-10-29-52(48)63-53/h2-35H,1H3. The van der Waals surface area contributed by atoms with Crippen molar-refractivity contribution in [2.24, 2.45) is 0 Å². The molecule has 3 heterocycles. The highest BCUT2D eigenvalue weighted by Crippen LogP contribution is 2.46. The molecule has 0 unspecified atom stereocenters. The fourth-order valence-corrected chi connectivity index (χ4v) is 10.1. The summed E-state index contributed by atoms with van der Waals surface area (Å²) in [7, 11) is 0. The minimum Gasteiger partial charge on any atom is -0.456 e. The molecule has 0 spiro atoms. The van der Waals surface area contributed by atoms with Crippen molar-refractivity contribution < 1.29 is 4.42 Å². The third-order valence-electron chi connectivity index (χ3n) is 12.8. The fraction of sp³-hybridized carbons (Fsp3) is 0.0169. The summed E-state index contributed by atoms with van der Waals surface area (Å²) >= 11 is 0. The summed E-state index contributed by atoms with van der Waals surface area (Å²) in [5, 5.41) is 10.5. The average Bonchev–Trinajstić information content (AvgIpc) is 3.91. The van der Waals surface area contributed by atoms with E-state index in [0.717, 1.165) is 93.9 Å². The lowest BCUT2D eigenvalue weighted by Gasteiger charge is -2.15. The zero-order chi connectivity index (χ0) is 41.6. The number of benzene rings is 10. The van der Waals surface area contributed by atoms with Gasteiger partial charge in [-0.1, -0.05) is 175 Å². The number of furan rings is 1. The average molecular weight is 804 g/mol. The van der Waals surface area contributed by atoms with E-state index in [4.69, 9.17) is 14.4 Å². The minimum atomic E-state index is 0.642. The van der Waals surface area contributed by atoms with Gasteiger partial charge in [-0.2, -0.15) is 0 Å². The molecule has 0 aliphatic rings. The van der Waals surface area contributed by atoms with Crippen molar-refractivity contribution in [3.63, 3.8) is 0 Å². The Hall–Kier alpha value is -8.34. The molecule has 4 heteroatoms. The van der Waals surface area contributed by atoms with E-state index >= 15 is 0 Å². The smallest absolute Gasteiger partial charge is 0.235 e. The molecule has 10 aromatic carbocycles. The second-order valence-corrected chi connectivity index (χ2v) is 16.5. The van der Waals surface area contributed by atoms with Crippen LogP contribution in [0.1, 0.15) is 5.56 Å². The number of aryl methyl sites for hydroxylation is 1. The van der Waals surface area contributed by atoms with Crippen molar-refractivity contribution in [1.82, 2.24) is 14.5 Å². The molecule has 0 radical (unpaired) electrons. The Kier molecular flexibility index (Phi) is 7.79. The second kappa shape index (κ2) is 13.8. The van der Waals surface area contributed by atoms with E-state index in [2.05, 4.69) is 206 Å². The van der Waals surface area contributed by atoms with Crippen LogP contribution in [0.25, 0.3) is 127 Å². The number of hydrogen-bond acceptors (Lipinski definition) is 3. The molecule has 0 aliphatic carbocycles. The summed E-state index contributed by atoms with van der Waals surface area (Å²) in [5.74, 6) is 0.642. The lowest BCUT2D eigenvalue weighted by atomic mass is 9.93. The first-order valence-electron chi connectivity index (χ1n) is 21.5. The lowest BCUT2D eigenvalue weighted by Crippen LogP contribution is -2.04. The number of para-hydroxylation sites is 3. The van der Waals surface area contributed by atoms with Gasteiger partial charge >= 0.3 is 0 Å². The predicted octanol–water partition coefficient (Wildman–Crippen LogP) is 15.9. The number of fused-ring (bicyclic) bond motifs is 12. The fourth-order valence-electron chi connectivity index (χ4n) is 10.1. The van der Waals surface area contributed by atoms with Crippen LogP contribution in [0.5, 0.6) is 0 Å². The van der Waals surface area contributed by atoms with Crippen LogP contribution in [0.3, 0.4) is 0 Å².